The van der Waals surface area contributed by atoms with Crippen LogP contribution in [0.1, 0.15) is 22.3 Å². The maximum atomic E-state index is 13.5. The maximum absolute atomic E-state index is 13.5. The molecule has 0 saturated heterocycles. The standard InChI is InChI=1S/C12H10FNO6/c1-20-11(15)4-2-3-7-5-9(13)8(12(16)17)6-10(7)14(18)19/h2-3,5-6H,4H2,1H3,(H,16,17)/b3-2-. The molecule has 0 unspecified atom stereocenters. The zero-order valence-electron chi connectivity index (χ0n) is 10.3. The topological polar surface area (TPSA) is 107 Å². The van der Waals surface area contributed by atoms with Crippen molar-refractivity contribution < 1.29 is 28.7 Å². The van der Waals surface area contributed by atoms with Gasteiger partial charge in [-0.05, 0) is 6.07 Å². The minimum atomic E-state index is -1.60. The number of carboxylic acids is 1. The maximum Gasteiger partial charge on any atom is 0.338 e. The summed E-state index contributed by atoms with van der Waals surface area (Å²) < 4.78 is 17.8. The summed E-state index contributed by atoms with van der Waals surface area (Å²) in [6, 6.07) is 1.37. The molecule has 0 aliphatic heterocycles. The molecule has 8 heteroatoms. The van der Waals surface area contributed by atoms with Crippen molar-refractivity contribution in [3.8, 4) is 0 Å². The highest BCUT2D eigenvalue weighted by Crippen LogP contribution is 2.24. The van der Waals surface area contributed by atoms with Crippen molar-refractivity contribution in [1.82, 2.24) is 0 Å². The van der Waals surface area contributed by atoms with Gasteiger partial charge in [0.05, 0.1) is 24.0 Å². The second kappa shape index (κ2) is 6.41. The average Bonchev–Trinajstić information content (AvgIpc) is 2.37. The van der Waals surface area contributed by atoms with Crippen molar-refractivity contribution in [2.75, 3.05) is 7.11 Å². The number of aromatic carboxylic acids is 1. The highest BCUT2D eigenvalue weighted by molar-refractivity contribution is 5.89. The Balaban J connectivity index is 3.19. The molecule has 0 atom stereocenters. The lowest BCUT2D eigenvalue weighted by Crippen LogP contribution is -2.03. The number of nitrogens with zero attached hydrogens (tertiary/aromatic N) is 1. The van der Waals surface area contributed by atoms with E-state index in [9.17, 15) is 24.1 Å². The van der Waals surface area contributed by atoms with Crippen LogP contribution in [-0.4, -0.2) is 29.1 Å². The van der Waals surface area contributed by atoms with Crippen molar-refractivity contribution in [3.63, 3.8) is 0 Å². The molecular formula is C12H10FNO6. The van der Waals surface area contributed by atoms with Gasteiger partial charge in [0.1, 0.15) is 11.4 Å². The van der Waals surface area contributed by atoms with Gasteiger partial charge < -0.3 is 9.84 Å². The second-order valence-electron chi connectivity index (χ2n) is 3.64. The summed E-state index contributed by atoms with van der Waals surface area (Å²) in [7, 11) is 1.18. The first kappa shape index (κ1) is 15.3. The van der Waals surface area contributed by atoms with Crippen molar-refractivity contribution in [1.29, 1.82) is 0 Å². The number of methoxy groups -OCH3 is 1. The molecule has 0 heterocycles. The molecule has 7 nitrogen and oxygen atoms in total. The Bertz CT molecular complexity index is 596. The zero-order valence-corrected chi connectivity index (χ0v) is 10.3. The molecule has 1 N–H and O–H groups in total. The monoisotopic (exact) mass is 283 g/mol. The van der Waals surface area contributed by atoms with E-state index in [0.29, 0.717) is 6.07 Å². The molecule has 106 valence electrons. The van der Waals surface area contributed by atoms with E-state index in [4.69, 9.17) is 5.11 Å². The van der Waals surface area contributed by atoms with Crippen LogP contribution in [0, 0.1) is 15.9 Å². The van der Waals surface area contributed by atoms with E-state index in [1.54, 1.807) is 0 Å². The summed E-state index contributed by atoms with van der Waals surface area (Å²) in [5, 5.41) is 19.5. The number of carbonyl (C=O) groups excluding carboxylic acids is 1. The lowest BCUT2D eigenvalue weighted by atomic mass is 10.1. The Labute approximate surface area is 112 Å². The van der Waals surface area contributed by atoms with E-state index in [2.05, 4.69) is 4.74 Å². The fraction of sp³-hybridized carbons (Fsp3) is 0.167. The highest BCUT2D eigenvalue weighted by atomic mass is 19.1. The van der Waals surface area contributed by atoms with Gasteiger partial charge in [-0.15, -0.1) is 0 Å². The summed E-state index contributed by atoms with van der Waals surface area (Å²) in [6.07, 6.45) is 2.27. The van der Waals surface area contributed by atoms with E-state index in [1.165, 1.54) is 13.2 Å². The minimum Gasteiger partial charge on any atom is -0.478 e. The Hall–Kier alpha value is -2.77. The number of ether oxygens (including phenoxy) is 1. The lowest BCUT2D eigenvalue weighted by Gasteiger charge is -2.02. The molecule has 1 aromatic rings. The number of nitro benzene ring substituents is 1. The zero-order chi connectivity index (χ0) is 15.3. The average molecular weight is 283 g/mol. The van der Waals surface area contributed by atoms with E-state index in [-0.39, 0.29) is 12.0 Å². The first-order valence-corrected chi connectivity index (χ1v) is 5.31. The van der Waals surface area contributed by atoms with Gasteiger partial charge in [0, 0.05) is 6.07 Å². The number of rotatable bonds is 5. The van der Waals surface area contributed by atoms with Gasteiger partial charge in [-0.3, -0.25) is 14.9 Å². The second-order valence-corrected chi connectivity index (χ2v) is 3.64. The van der Waals surface area contributed by atoms with Crippen molar-refractivity contribution >= 4 is 23.7 Å². The lowest BCUT2D eigenvalue weighted by molar-refractivity contribution is -0.385. The predicted molar refractivity (Wildman–Crippen MR) is 65.7 cm³/mol. The van der Waals surface area contributed by atoms with Crippen LogP contribution in [0.4, 0.5) is 10.1 Å². The number of benzene rings is 1. The van der Waals surface area contributed by atoms with E-state index in [1.807, 2.05) is 0 Å². The van der Waals surface area contributed by atoms with Crippen LogP contribution >= 0.6 is 0 Å². The van der Waals surface area contributed by atoms with Gasteiger partial charge in [-0.1, -0.05) is 12.2 Å². The van der Waals surface area contributed by atoms with Crippen LogP contribution in [0.5, 0.6) is 0 Å². The number of hydrogen-bond donors (Lipinski definition) is 1. The summed E-state index contributed by atoms with van der Waals surface area (Å²) in [5.41, 5.74) is -1.49. The smallest absolute Gasteiger partial charge is 0.338 e. The Morgan fingerprint density at radius 2 is 2.15 bits per heavy atom. The van der Waals surface area contributed by atoms with Crippen LogP contribution in [0.25, 0.3) is 6.08 Å². The normalized spacial score (nSPS) is 10.5. The van der Waals surface area contributed by atoms with Gasteiger partial charge in [0.2, 0.25) is 0 Å². The largest absolute Gasteiger partial charge is 0.478 e. The van der Waals surface area contributed by atoms with Crippen molar-refractivity contribution in [2.45, 2.75) is 6.42 Å². The molecular weight excluding hydrogens is 273 g/mol. The molecule has 0 saturated carbocycles. The Morgan fingerprint density at radius 1 is 1.50 bits per heavy atom. The Kier molecular flexibility index (Phi) is 4.90. The number of hydrogen-bond acceptors (Lipinski definition) is 5. The van der Waals surface area contributed by atoms with Crippen LogP contribution < -0.4 is 0 Å². The fourth-order valence-electron chi connectivity index (χ4n) is 1.40. The van der Waals surface area contributed by atoms with Gasteiger partial charge in [0.25, 0.3) is 5.69 Å². The molecule has 0 amide bonds. The molecule has 0 aromatic heterocycles. The number of esters is 1. The summed E-state index contributed by atoms with van der Waals surface area (Å²) >= 11 is 0. The highest BCUT2D eigenvalue weighted by Gasteiger charge is 2.20. The molecule has 0 bridgehead atoms. The third-order valence-electron chi connectivity index (χ3n) is 2.35. The summed E-state index contributed by atoms with van der Waals surface area (Å²) in [6.45, 7) is 0. The molecule has 0 spiro atoms. The van der Waals surface area contributed by atoms with Crippen molar-refractivity contribution in [3.05, 3.63) is 45.3 Å². The van der Waals surface area contributed by atoms with Crippen molar-refractivity contribution in [2.24, 2.45) is 0 Å². The summed E-state index contributed by atoms with van der Waals surface area (Å²) in [5.74, 6) is -3.26. The van der Waals surface area contributed by atoms with E-state index < -0.39 is 33.9 Å². The first-order valence-electron chi connectivity index (χ1n) is 5.31. The summed E-state index contributed by atoms with van der Waals surface area (Å²) in [4.78, 5) is 31.6. The molecule has 0 aliphatic carbocycles. The molecule has 0 aliphatic rings. The van der Waals surface area contributed by atoms with Gasteiger partial charge in [-0.25, -0.2) is 9.18 Å². The van der Waals surface area contributed by atoms with Crippen LogP contribution in [0.2, 0.25) is 0 Å². The van der Waals surface area contributed by atoms with Gasteiger partial charge in [-0.2, -0.15) is 0 Å². The molecule has 0 radical (unpaired) electrons. The van der Waals surface area contributed by atoms with Crippen LogP contribution in [0.15, 0.2) is 18.2 Å². The number of carbonyl (C=O) groups is 2. The van der Waals surface area contributed by atoms with Gasteiger partial charge >= 0.3 is 11.9 Å². The molecule has 1 rings (SSSR count). The fourth-order valence-corrected chi connectivity index (χ4v) is 1.40. The van der Waals surface area contributed by atoms with Crippen LogP contribution in [-0.2, 0) is 9.53 Å². The minimum absolute atomic E-state index is 0.138. The molecule has 1 aromatic carbocycles. The third-order valence-corrected chi connectivity index (χ3v) is 2.35. The van der Waals surface area contributed by atoms with Crippen LogP contribution in [0.3, 0.4) is 0 Å². The third kappa shape index (κ3) is 3.61. The molecule has 0 fully saturated rings. The quantitative estimate of drug-likeness (QED) is 0.503. The Morgan fingerprint density at radius 3 is 2.65 bits per heavy atom. The predicted octanol–water partition coefficient (Wildman–Crippen LogP) is 2.01. The first-order chi connectivity index (χ1) is 9.36. The van der Waals surface area contributed by atoms with Gasteiger partial charge in [0.15, 0.2) is 0 Å². The number of nitro groups is 1. The number of halogens is 1. The van der Waals surface area contributed by atoms with E-state index >= 15 is 0 Å². The van der Waals surface area contributed by atoms with E-state index in [0.717, 1.165) is 12.1 Å². The molecule has 20 heavy (non-hydrogen) atoms. The number of carboxylic acid groups (broad SMARTS) is 1. The SMILES string of the molecule is COC(=O)C/C=C\c1cc(F)c(C(=O)O)cc1[N+](=O)[O-].